The third-order valence-corrected chi connectivity index (χ3v) is 6.75. The van der Waals surface area contributed by atoms with Crippen LogP contribution in [0.25, 0.3) is 27.6 Å². The minimum absolute atomic E-state index is 0.685. The molecule has 4 rings (SSSR count). The molecular weight excluding hydrogens is 441 g/mol. The summed E-state index contributed by atoms with van der Waals surface area (Å²) in [5, 5.41) is 6.88. The molecule has 1 unspecified atom stereocenters. The van der Waals surface area contributed by atoms with Crippen LogP contribution in [0.15, 0.2) is 23.9 Å². The zero-order chi connectivity index (χ0) is 17.6. The van der Waals surface area contributed by atoms with E-state index in [1.54, 1.807) is 5.57 Å². The van der Waals surface area contributed by atoms with Crippen molar-refractivity contribution in [2.24, 2.45) is 13.0 Å². The Labute approximate surface area is 166 Å². The van der Waals surface area contributed by atoms with Crippen LogP contribution in [0.3, 0.4) is 0 Å². The predicted octanol–water partition coefficient (Wildman–Crippen LogP) is 5.80. The highest BCUT2D eigenvalue weighted by Crippen LogP contribution is 2.37. The van der Waals surface area contributed by atoms with E-state index in [0.717, 1.165) is 23.4 Å². The molecule has 0 saturated carbocycles. The van der Waals surface area contributed by atoms with E-state index in [2.05, 4.69) is 65.9 Å². The number of nitrogens with zero attached hydrogens (tertiary/aromatic N) is 3. The van der Waals surface area contributed by atoms with Gasteiger partial charge >= 0.3 is 0 Å². The third kappa shape index (κ3) is 3.28. The van der Waals surface area contributed by atoms with Gasteiger partial charge in [0.25, 0.3) is 0 Å². The summed E-state index contributed by atoms with van der Waals surface area (Å²) in [6, 6.07) is 4.45. The molecule has 130 valence electrons. The topological polar surface area (TPSA) is 30.7 Å². The van der Waals surface area contributed by atoms with E-state index in [0.29, 0.717) is 5.92 Å². The van der Waals surface area contributed by atoms with Gasteiger partial charge in [-0.05, 0) is 55.9 Å². The smallest absolute Gasteiger partial charge is 0.124 e. The average molecular weight is 463 g/mol. The van der Waals surface area contributed by atoms with E-state index in [-0.39, 0.29) is 0 Å². The first kappa shape index (κ1) is 17.2. The summed E-state index contributed by atoms with van der Waals surface area (Å²) < 4.78 is 3.11. The number of allylic oxidation sites excluding steroid dienone is 1. The fourth-order valence-electron chi connectivity index (χ4n) is 3.57. The minimum atomic E-state index is 0.685. The SMILES string of the molecule is Cc1cc(-c2nc3c(s2)C=C(C(C)CCI)CC3)cc2cn(C)nc12. The number of fused-ring (bicyclic) bond motifs is 2. The monoisotopic (exact) mass is 463 g/mol. The molecule has 2 heterocycles. The fraction of sp³-hybridized carbons (Fsp3) is 0.400. The van der Waals surface area contributed by atoms with Gasteiger partial charge in [0.2, 0.25) is 0 Å². The van der Waals surface area contributed by atoms with Crippen molar-refractivity contribution in [1.82, 2.24) is 14.8 Å². The lowest BCUT2D eigenvalue weighted by Crippen LogP contribution is -2.06. The maximum absolute atomic E-state index is 4.96. The van der Waals surface area contributed by atoms with Gasteiger partial charge in [0.1, 0.15) is 5.01 Å². The lowest BCUT2D eigenvalue weighted by molar-refractivity contribution is 0.631. The highest BCUT2D eigenvalue weighted by atomic mass is 127. The molecule has 0 bridgehead atoms. The van der Waals surface area contributed by atoms with Crippen LogP contribution >= 0.6 is 33.9 Å². The molecule has 0 saturated heterocycles. The largest absolute Gasteiger partial charge is 0.275 e. The number of thiazole rings is 1. The summed E-state index contributed by atoms with van der Waals surface area (Å²) in [5.41, 5.74) is 6.39. The Hall–Kier alpha value is -1.21. The molecule has 5 heteroatoms. The van der Waals surface area contributed by atoms with Gasteiger partial charge in [0.15, 0.2) is 0 Å². The number of hydrogen-bond donors (Lipinski definition) is 0. The molecule has 2 aromatic heterocycles. The van der Waals surface area contributed by atoms with Gasteiger partial charge in [-0.2, -0.15) is 5.10 Å². The maximum Gasteiger partial charge on any atom is 0.124 e. The average Bonchev–Trinajstić information content (AvgIpc) is 3.17. The van der Waals surface area contributed by atoms with Gasteiger partial charge in [-0.3, -0.25) is 4.68 Å². The van der Waals surface area contributed by atoms with E-state index in [4.69, 9.17) is 4.98 Å². The van der Waals surface area contributed by atoms with Crippen LogP contribution in [0.4, 0.5) is 0 Å². The number of alkyl halides is 1. The number of benzene rings is 1. The van der Waals surface area contributed by atoms with Crippen molar-refractivity contribution < 1.29 is 0 Å². The molecule has 1 aliphatic rings. The third-order valence-electron chi connectivity index (χ3n) is 5.03. The Bertz CT molecular complexity index is 967. The quantitative estimate of drug-likeness (QED) is 0.362. The van der Waals surface area contributed by atoms with Crippen molar-refractivity contribution >= 4 is 50.9 Å². The van der Waals surface area contributed by atoms with Crippen molar-refractivity contribution in [3.05, 3.63) is 40.0 Å². The van der Waals surface area contributed by atoms with Gasteiger partial charge in [0.05, 0.1) is 16.1 Å². The Morgan fingerprint density at radius 1 is 1.32 bits per heavy atom. The van der Waals surface area contributed by atoms with E-state index >= 15 is 0 Å². The number of aryl methyl sites for hydroxylation is 3. The van der Waals surface area contributed by atoms with Crippen LogP contribution in [-0.2, 0) is 13.5 Å². The zero-order valence-corrected chi connectivity index (χ0v) is 17.8. The highest BCUT2D eigenvalue weighted by molar-refractivity contribution is 14.1. The second-order valence-electron chi connectivity index (χ2n) is 6.96. The van der Waals surface area contributed by atoms with Crippen molar-refractivity contribution in [3.63, 3.8) is 0 Å². The Morgan fingerprint density at radius 3 is 2.96 bits per heavy atom. The van der Waals surface area contributed by atoms with E-state index < -0.39 is 0 Å². The van der Waals surface area contributed by atoms with Gasteiger partial charge in [-0.15, -0.1) is 11.3 Å². The standard InChI is InChI=1S/C20H22IN3S/c1-12(6-7-21)14-4-5-17-18(10-14)25-20(22-17)15-8-13(2)19-16(9-15)11-24(3)23-19/h8-12H,4-7H2,1-3H3. The number of rotatable bonds is 4. The molecule has 25 heavy (non-hydrogen) atoms. The molecule has 1 aliphatic carbocycles. The van der Waals surface area contributed by atoms with E-state index in [1.807, 2.05) is 23.1 Å². The van der Waals surface area contributed by atoms with Crippen molar-refractivity contribution in [2.75, 3.05) is 4.43 Å². The van der Waals surface area contributed by atoms with Gasteiger partial charge in [-0.1, -0.05) is 35.1 Å². The van der Waals surface area contributed by atoms with Crippen LogP contribution in [0.1, 0.15) is 35.9 Å². The van der Waals surface area contributed by atoms with E-state index in [1.165, 1.54) is 37.9 Å². The molecule has 3 nitrogen and oxygen atoms in total. The normalized spacial score (nSPS) is 15.3. The van der Waals surface area contributed by atoms with E-state index in [9.17, 15) is 0 Å². The second kappa shape index (κ2) is 6.83. The van der Waals surface area contributed by atoms with Crippen LogP contribution in [0.5, 0.6) is 0 Å². The first-order chi connectivity index (χ1) is 12.0. The Morgan fingerprint density at radius 2 is 2.16 bits per heavy atom. The summed E-state index contributed by atoms with van der Waals surface area (Å²) in [6.45, 7) is 4.49. The molecule has 0 fully saturated rings. The first-order valence-electron chi connectivity index (χ1n) is 8.75. The lowest BCUT2D eigenvalue weighted by Gasteiger charge is -2.18. The molecule has 0 aliphatic heterocycles. The molecule has 0 radical (unpaired) electrons. The highest BCUT2D eigenvalue weighted by Gasteiger charge is 2.20. The minimum Gasteiger partial charge on any atom is -0.275 e. The number of aromatic nitrogens is 3. The van der Waals surface area contributed by atoms with Crippen LogP contribution < -0.4 is 0 Å². The summed E-state index contributed by atoms with van der Waals surface area (Å²) in [7, 11) is 1.98. The second-order valence-corrected chi connectivity index (χ2v) is 9.07. The van der Waals surface area contributed by atoms with Crippen molar-refractivity contribution in [2.45, 2.75) is 33.1 Å². The summed E-state index contributed by atoms with van der Waals surface area (Å²) >= 11 is 4.31. The van der Waals surface area contributed by atoms with Crippen LogP contribution in [-0.4, -0.2) is 19.2 Å². The molecule has 0 amide bonds. The first-order valence-corrected chi connectivity index (χ1v) is 11.1. The molecule has 0 spiro atoms. The number of halogens is 1. The maximum atomic E-state index is 4.96. The Kier molecular flexibility index (Phi) is 4.71. The van der Waals surface area contributed by atoms with Gasteiger partial charge < -0.3 is 0 Å². The molecule has 0 N–H and O–H groups in total. The fourth-order valence-corrected chi connectivity index (χ4v) is 5.58. The van der Waals surface area contributed by atoms with Crippen LogP contribution in [0.2, 0.25) is 0 Å². The number of hydrogen-bond acceptors (Lipinski definition) is 3. The van der Waals surface area contributed by atoms with Crippen molar-refractivity contribution in [1.29, 1.82) is 0 Å². The summed E-state index contributed by atoms with van der Waals surface area (Å²) in [5.74, 6) is 0.685. The Balaban J connectivity index is 1.72. The van der Waals surface area contributed by atoms with Gasteiger partial charge in [-0.25, -0.2) is 4.98 Å². The van der Waals surface area contributed by atoms with Gasteiger partial charge in [0, 0.05) is 28.6 Å². The molecule has 3 aromatic rings. The summed E-state index contributed by atoms with van der Waals surface area (Å²) in [6.07, 6.45) is 8.01. The molecular formula is C20H22IN3S. The summed E-state index contributed by atoms with van der Waals surface area (Å²) in [4.78, 5) is 6.32. The zero-order valence-electron chi connectivity index (χ0n) is 14.8. The predicted molar refractivity (Wildman–Crippen MR) is 116 cm³/mol. The van der Waals surface area contributed by atoms with Crippen molar-refractivity contribution in [3.8, 4) is 10.6 Å². The lowest BCUT2D eigenvalue weighted by atomic mass is 9.90. The molecule has 1 atom stereocenters. The molecule has 1 aromatic carbocycles. The van der Waals surface area contributed by atoms with Crippen LogP contribution in [0, 0.1) is 12.8 Å².